The lowest BCUT2D eigenvalue weighted by Gasteiger charge is -2.22. The lowest BCUT2D eigenvalue weighted by molar-refractivity contribution is -0.140. The molecule has 0 spiro atoms. The highest BCUT2D eigenvalue weighted by molar-refractivity contribution is 5.94. The Morgan fingerprint density at radius 3 is 2.58 bits per heavy atom. The largest absolute Gasteiger partial charge is 0.419 e. The highest BCUT2D eigenvalue weighted by atomic mass is 19.4. The van der Waals surface area contributed by atoms with Gasteiger partial charge in [-0.05, 0) is 19.1 Å². The lowest BCUT2D eigenvalue weighted by Crippen LogP contribution is -2.38. The molecule has 5 nitrogen and oxygen atoms in total. The van der Waals surface area contributed by atoms with Crippen LogP contribution in [0.25, 0.3) is 0 Å². The van der Waals surface area contributed by atoms with Gasteiger partial charge in [0.05, 0.1) is 23.9 Å². The number of rotatable bonds is 4. The van der Waals surface area contributed by atoms with E-state index in [1.54, 1.807) is 7.05 Å². The molecule has 24 heavy (non-hydrogen) atoms. The van der Waals surface area contributed by atoms with Crippen LogP contribution in [0, 0.1) is 5.82 Å². The summed E-state index contributed by atoms with van der Waals surface area (Å²) < 4.78 is 53.4. The maximum absolute atomic E-state index is 13.9. The number of alkyl halides is 3. The van der Waals surface area contributed by atoms with Crippen LogP contribution in [0.5, 0.6) is 0 Å². The fourth-order valence-corrected chi connectivity index (χ4v) is 2.08. The zero-order chi connectivity index (χ0) is 18.1. The van der Waals surface area contributed by atoms with Crippen molar-refractivity contribution in [3.05, 3.63) is 53.1 Å². The Morgan fingerprint density at radius 1 is 1.38 bits per heavy atom. The van der Waals surface area contributed by atoms with Gasteiger partial charge < -0.3 is 10.4 Å². The number of nitrogens with one attached hydrogen (secondary N) is 1. The maximum atomic E-state index is 13.9. The van der Waals surface area contributed by atoms with Crippen LogP contribution in [-0.4, -0.2) is 27.3 Å². The third kappa shape index (κ3) is 3.73. The summed E-state index contributed by atoms with van der Waals surface area (Å²) in [6.45, 7) is 1.07. The Balaban J connectivity index is 2.16. The lowest BCUT2D eigenvalue weighted by atomic mass is 9.99. The van der Waals surface area contributed by atoms with Crippen LogP contribution >= 0.6 is 0 Å². The van der Waals surface area contributed by atoms with Crippen molar-refractivity contribution < 1.29 is 27.5 Å². The van der Waals surface area contributed by atoms with Gasteiger partial charge in [-0.2, -0.15) is 18.3 Å². The van der Waals surface area contributed by atoms with Gasteiger partial charge in [0.1, 0.15) is 11.4 Å². The molecule has 1 aromatic heterocycles. The number of aromatic nitrogens is 2. The number of hydrogen-bond donors (Lipinski definition) is 2. The molecule has 0 aliphatic rings. The minimum absolute atomic E-state index is 0.326. The van der Waals surface area contributed by atoms with Gasteiger partial charge in [0.15, 0.2) is 0 Å². The highest BCUT2D eigenvalue weighted by Gasteiger charge is 2.36. The molecule has 2 N–H and O–H groups in total. The topological polar surface area (TPSA) is 67.2 Å². The third-order valence-electron chi connectivity index (χ3n) is 3.47. The Bertz CT molecular complexity index is 753. The van der Waals surface area contributed by atoms with Crippen molar-refractivity contribution in [3.8, 4) is 0 Å². The second kappa shape index (κ2) is 6.23. The molecular formula is C15H15F4N3O2. The number of carbonyl (C=O) groups excluding carboxylic acids is 1. The van der Waals surface area contributed by atoms with Crippen LogP contribution in [0.3, 0.4) is 0 Å². The number of hydrogen-bond acceptors (Lipinski definition) is 3. The minimum Gasteiger partial charge on any atom is -0.383 e. The zero-order valence-corrected chi connectivity index (χ0v) is 12.9. The predicted octanol–water partition coefficient (Wildman–Crippen LogP) is 2.22. The van der Waals surface area contributed by atoms with E-state index < -0.39 is 34.6 Å². The molecule has 1 unspecified atom stereocenters. The van der Waals surface area contributed by atoms with Gasteiger partial charge >= 0.3 is 6.18 Å². The van der Waals surface area contributed by atoms with Crippen LogP contribution < -0.4 is 5.32 Å². The van der Waals surface area contributed by atoms with E-state index in [2.05, 4.69) is 10.4 Å². The van der Waals surface area contributed by atoms with Crippen LogP contribution in [-0.2, 0) is 18.8 Å². The minimum atomic E-state index is -4.90. The summed E-state index contributed by atoms with van der Waals surface area (Å²) >= 11 is 0. The average Bonchev–Trinajstić information content (AvgIpc) is 2.91. The van der Waals surface area contributed by atoms with Gasteiger partial charge in [-0.25, -0.2) is 4.39 Å². The van der Waals surface area contributed by atoms with Crippen LogP contribution in [0.1, 0.15) is 28.4 Å². The summed E-state index contributed by atoms with van der Waals surface area (Å²) in [5.41, 5.74) is -3.38. The quantitative estimate of drug-likeness (QED) is 0.835. The summed E-state index contributed by atoms with van der Waals surface area (Å²) in [6.07, 6.45) is -1.99. The normalized spacial score (nSPS) is 14.3. The summed E-state index contributed by atoms with van der Waals surface area (Å²) in [6, 6.07) is 2.44. The summed E-state index contributed by atoms with van der Waals surface area (Å²) in [4.78, 5) is 12.0. The average molecular weight is 345 g/mol. The molecule has 1 heterocycles. The van der Waals surface area contributed by atoms with Gasteiger partial charge in [0.25, 0.3) is 5.91 Å². The van der Waals surface area contributed by atoms with Crippen molar-refractivity contribution in [3.63, 3.8) is 0 Å². The molecule has 0 fully saturated rings. The van der Waals surface area contributed by atoms with Crippen molar-refractivity contribution in [1.29, 1.82) is 0 Å². The third-order valence-corrected chi connectivity index (χ3v) is 3.47. The summed E-state index contributed by atoms with van der Waals surface area (Å²) in [5, 5.41) is 16.4. The molecule has 0 bridgehead atoms. The van der Waals surface area contributed by atoms with E-state index in [1.807, 2.05) is 0 Å². The molecule has 130 valence electrons. The van der Waals surface area contributed by atoms with E-state index in [0.717, 1.165) is 12.1 Å². The molecule has 2 aromatic rings. The molecule has 1 aromatic carbocycles. The summed E-state index contributed by atoms with van der Waals surface area (Å²) in [7, 11) is 1.64. The molecule has 0 radical (unpaired) electrons. The van der Waals surface area contributed by atoms with Crippen molar-refractivity contribution in [2.75, 3.05) is 6.54 Å². The van der Waals surface area contributed by atoms with E-state index in [9.17, 15) is 27.5 Å². The maximum Gasteiger partial charge on any atom is 0.419 e. The van der Waals surface area contributed by atoms with Gasteiger partial charge in [-0.15, -0.1) is 0 Å². The van der Waals surface area contributed by atoms with Crippen LogP contribution in [0.15, 0.2) is 30.6 Å². The first-order valence-electron chi connectivity index (χ1n) is 6.88. The van der Waals surface area contributed by atoms with E-state index >= 15 is 0 Å². The molecular weight excluding hydrogens is 330 g/mol. The fraction of sp³-hybridized carbons (Fsp3) is 0.333. The number of nitrogens with zero attached hydrogens (tertiary/aromatic N) is 2. The van der Waals surface area contributed by atoms with E-state index in [4.69, 9.17) is 0 Å². The van der Waals surface area contributed by atoms with E-state index in [1.165, 1.54) is 24.0 Å². The SMILES string of the molecule is Cn1cc(C(C)(O)CNC(=O)c2cccc(C(F)(F)F)c2F)cn1. The predicted molar refractivity (Wildman–Crippen MR) is 76.5 cm³/mol. The molecule has 0 saturated heterocycles. The van der Waals surface area contributed by atoms with Crippen molar-refractivity contribution in [2.24, 2.45) is 7.05 Å². The van der Waals surface area contributed by atoms with E-state index in [-0.39, 0.29) is 6.54 Å². The second-order valence-electron chi connectivity index (χ2n) is 5.52. The Hall–Kier alpha value is -2.42. The monoisotopic (exact) mass is 345 g/mol. The van der Waals surface area contributed by atoms with E-state index in [0.29, 0.717) is 11.6 Å². The first-order chi connectivity index (χ1) is 11.0. The van der Waals surface area contributed by atoms with Crippen LogP contribution in [0.2, 0.25) is 0 Å². The standard InChI is InChI=1S/C15H15F4N3O2/c1-14(24,9-6-21-22(2)7-9)8-20-13(23)10-4-3-5-11(12(10)16)15(17,18)19/h3-7,24H,8H2,1-2H3,(H,20,23). The van der Waals surface area contributed by atoms with Crippen molar-refractivity contribution in [1.82, 2.24) is 15.1 Å². The van der Waals surface area contributed by atoms with Gasteiger partial charge in [0, 0.05) is 18.8 Å². The molecule has 1 amide bonds. The number of carbonyl (C=O) groups is 1. The zero-order valence-electron chi connectivity index (χ0n) is 12.9. The van der Waals surface area contributed by atoms with Gasteiger partial charge in [-0.1, -0.05) is 6.07 Å². The summed E-state index contributed by atoms with van der Waals surface area (Å²) in [5.74, 6) is -2.70. The molecule has 0 saturated carbocycles. The number of aliphatic hydroxyl groups is 1. The second-order valence-corrected chi connectivity index (χ2v) is 5.52. The molecule has 1 atom stereocenters. The van der Waals surface area contributed by atoms with Crippen LogP contribution in [0.4, 0.5) is 17.6 Å². The Labute approximate surface area is 134 Å². The molecule has 2 rings (SSSR count). The Morgan fingerprint density at radius 2 is 2.04 bits per heavy atom. The van der Waals surface area contributed by atoms with Crippen molar-refractivity contribution in [2.45, 2.75) is 18.7 Å². The Kier molecular flexibility index (Phi) is 4.66. The smallest absolute Gasteiger partial charge is 0.383 e. The number of halogens is 4. The first-order valence-corrected chi connectivity index (χ1v) is 6.88. The van der Waals surface area contributed by atoms with Gasteiger partial charge in [-0.3, -0.25) is 9.48 Å². The number of amides is 1. The van der Waals surface area contributed by atoms with Crippen molar-refractivity contribution >= 4 is 5.91 Å². The number of benzene rings is 1. The fourth-order valence-electron chi connectivity index (χ4n) is 2.08. The molecule has 9 heteroatoms. The number of aryl methyl sites for hydroxylation is 1. The first kappa shape index (κ1) is 17.9. The highest BCUT2D eigenvalue weighted by Crippen LogP contribution is 2.32. The van der Waals surface area contributed by atoms with Gasteiger partial charge in [0.2, 0.25) is 0 Å². The molecule has 0 aliphatic heterocycles. The molecule has 0 aliphatic carbocycles.